The van der Waals surface area contributed by atoms with Crippen molar-refractivity contribution in [2.45, 2.75) is 12.8 Å². The number of hydrogen-bond donors (Lipinski definition) is 1. The Hall–Kier alpha value is -1.75. The number of piperazine rings is 1. The molecule has 0 bridgehead atoms. The molecule has 0 atom stereocenters. The highest BCUT2D eigenvalue weighted by Crippen LogP contribution is 2.30. The van der Waals surface area contributed by atoms with E-state index in [-0.39, 0.29) is 6.03 Å². The molecule has 0 aromatic heterocycles. The summed E-state index contributed by atoms with van der Waals surface area (Å²) in [5.41, 5.74) is 1.85. The molecule has 1 saturated heterocycles. The van der Waals surface area contributed by atoms with Crippen LogP contribution in [0.2, 0.25) is 10.0 Å². The average molecular weight is 392 g/mol. The number of para-hydroxylation sites is 1. The molecule has 3 rings (SSSR count). The van der Waals surface area contributed by atoms with Crippen LogP contribution in [0, 0.1) is 0 Å². The van der Waals surface area contributed by atoms with E-state index in [4.69, 9.17) is 23.2 Å². The number of benzene rings is 2. The monoisotopic (exact) mass is 391 g/mol. The van der Waals surface area contributed by atoms with Gasteiger partial charge in [0.05, 0.1) is 15.7 Å². The van der Waals surface area contributed by atoms with Crippen LogP contribution in [0.3, 0.4) is 0 Å². The number of aryl methyl sites for hydroxylation is 1. The molecule has 26 heavy (non-hydrogen) atoms. The number of amides is 2. The van der Waals surface area contributed by atoms with E-state index in [1.807, 2.05) is 11.0 Å². The van der Waals surface area contributed by atoms with E-state index in [9.17, 15) is 4.79 Å². The molecule has 0 unspecified atom stereocenters. The third kappa shape index (κ3) is 5.13. The van der Waals surface area contributed by atoms with Crippen LogP contribution < -0.4 is 5.32 Å². The summed E-state index contributed by atoms with van der Waals surface area (Å²) >= 11 is 12.2. The van der Waals surface area contributed by atoms with Gasteiger partial charge in [0.2, 0.25) is 0 Å². The van der Waals surface area contributed by atoms with Gasteiger partial charge in [0, 0.05) is 26.2 Å². The van der Waals surface area contributed by atoms with Crippen LogP contribution in [0.15, 0.2) is 48.5 Å². The summed E-state index contributed by atoms with van der Waals surface area (Å²) in [5.74, 6) is 0. The van der Waals surface area contributed by atoms with Crippen LogP contribution in [-0.4, -0.2) is 48.6 Å². The van der Waals surface area contributed by atoms with Gasteiger partial charge < -0.3 is 10.2 Å². The van der Waals surface area contributed by atoms with E-state index in [1.54, 1.807) is 18.2 Å². The van der Waals surface area contributed by atoms with E-state index in [0.717, 1.165) is 32.5 Å². The van der Waals surface area contributed by atoms with Gasteiger partial charge in [-0.2, -0.15) is 0 Å². The SMILES string of the molecule is O=C(Nc1c(Cl)cccc1Cl)N1CCN(CCCc2ccccc2)CC1. The van der Waals surface area contributed by atoms with Crippen molar-refractivity contribution >= 4 is 34.9 Å². The zero-order valence-electron chi connectivity index (χ0n) is 14.6. The summed E-state index contributed by atoms with van der Waals surface area (Å²) < 4.78 is 0. The molecule has 2 aromatic rings. The molecule has 1 heterocycles. The lowest BCUT2D eigenvalue weighted by Gasteiger charge is -2.34. The maximum Gasteiger partial charge on any atom is 0.322 e. The summed E-state index contributed by atoms with van der Waals surface area (Å²) in [5, 5.41) is 3.73. The molecule has 1 aliphatic rings. The van der Waals surface area contributed by atoms with Crippen molar-refractivity contribution in [2.24, 2.45) is 0 Å². The molecule has 0 saturated carbocycles. The van der Waals surface area contributed by atoms with Crippen molar-refractivity contribution in [1.82, 2.24) is 9.80 Å². The fourth-order valence-corrected chi connectivity index (χ4v) is 3.62. The van der Waals surface area contributed by atoms with E-state index in [0.29, 0.717) is 28.8 Å². The zero-order valence-corrected chi connectivity index (χ0v) is 16.1. The lowest BCUT2D eigenvalue weighted by Crippen LogP contribution is -2.50. The summed E-state index contributed by atoms with van der Waals surface area (Å²) in [6, 6.07) is 15.6. The number of nitrogens with zero attached hydrogens (tertiary/aromatic N) is 2. The van der Waals surface area contributed by atoms with Crippen LogP contribution in [0.4, 0.5) is 10.5 Å². The van der Waals surface area contributed by atoms with Gasteiger partial charge in [-0.15, -0.1) is 0 Å². The van der Waals surface area contributed by atoms with Crippen molar-refractivity contribution in [3.8, 4) is 0 Å². The van der Waals surface area contributed by atoms with Crippen molar-refractivity contribution in [2.75, 3.05) is 38.0 Å². The lowest BCUT2D eigenvalue weighted by atomic mass is 10.1. The summed E-state index contributed by atoms with van der Waals surface area (Å²) in [6.07, 6.45) is 2.22. The van der Waals surface area contributed by atoms with Crippen molar-refractivity contribution < 1.29 is 4.79 Å². The van der Waals surface area contributed by atoms with Crippen LogP contribution >= 0.6 is 23.2 Å². The van der Waals surface area contributed by atoms with Gasteiger partial charge in [-0.05, 0) is 37.1 Å². The Kier molecular flexibility index (Phi) is 6.78. The van der Waals surface area contributed by atoms with Gasteiger partial charge in [-0.1, -0.05) is 59.6 Å². The van der Waals surface area contributed by atoms with Crippen LogP contribution in [0.1, 0.15) is 12.0 Å². The largest absolute Gasteiger partial charge is 0.322 e. The Labute approximate surface area is 164 Å². The number of carbonyl (C=O) groups is 1. The second-order valence-electron chi connectivity index (χ2n) is 6.44. The number of hydrogen-bond acceptors (Lipinski definition) is 2. The molecular formula is C20H23Cl2N3O. The number of halogens is 2. The van der Waals surface area contributed by atoms with Crippen LogP contribution in [0.5, 0.6) is 0 Å². The first kappa shape index (κ1) is 19.0. The van der Waals surface area contributed by atoms with Crippen molar-refractivity contribution in [3.63, 3.8) is 0 Å². The number of anilines is 1. The molecule has 1 aliphatic heterocycles. The minimum absolute atomic E-state index is 0.149. The Bertz CT molecular complexity index is 711. The first-order chi connectivity index (χ1) is 12.6. The first-order valence-electron chi connectivity index (χ1n) is 8.90. The Morgan fingerprint density at radius 1 is 0.923 bits per heavy atom. The predicted octanol–water partition coefficient (Wildman–Crippen LogP) is 4.78. The highest BCUT2D eigenvalue weighted by atomic mass is 35.5. The molecule has 1 N–H and O–H groups in total. The average Bonchev–Trinajstić information content (AvgIpc) is 2.66. The summed E-state index contributed by atoms with van der Waals surface area (Å²) in [4.78, 5) is 16.7. The minimum Gasteiger partial charge on any atom is -0.322 e. The molecule has 0 spiro atoms. The highest BCUT2D eigenvalue weighted by Gasteiger charge is 2.22. The third-order valence-corrected chi connectivity index (χ3v) is 5.27. The molecular weight excluding hydrogens is 369 g/mol. The van der Waals surface area contributed by atoms with Gasteiger partial charge in [0.25, 0.3) is 0 Å². The number of nitrogens with one attached hydrogen (secondary N) is 1. The number of rotatable bonds is 5. The minimum atomic E-state index is -0.149. The number of urea groups is 1. The van der Waals surface area contributed by atoms with Crippen molar-refractivity contribution in [1.29, 1.82) is 0 Å². The first-order valence-corrected chi connectivity index (χ1v) is 9.65. The highest BCUT2D eigenvalue weighted by molar-refractivity contribution is 6.39. The quantitative estimate of drug-likeness (QED) is 0.795. The van der Waals surface area contributed by atoms with E-state index >= 15 is 0 Å². The molecule has 1 fully saturated rings. The number of carbonyl (C=O) groups excluding carboxylic acids is 1. The van der Waals surface area contributed by atoms with Crippen LogP contribution in [0.25, 0.3) is 0 Å². The normalized spacial score (nSPS) is 15.1. The van der Waals surface area contributed by atoms with Gasteiger partial charge in [0.15, 0.2) is 0 Å². The van der Waals surface area contributed by atoms with Crippen molar-refractivity contribution in [3.05, 3.63) is 64.1 Å². The van der Waals surface area contributed by atoms with E-state index < -0.39 is 0 Å². The maximum absolute atomic E-state index is 12.5. The Morgan fingerprint density at radius 2 is 1.58 bits per heavy atom. The smallest absolute Gasteiger partial charge is 0.322 e. The fourth-order valence-electron chi connectivity index (χ4n) is 3.13. The van der Waals surface area contributed by atoms with Gasteiger partial charge in [0.1, 0.15) is 0 Å². The zero-order chi connectivity index (χ0) is 18.4. The summed E-state index contributed by atoms with van der Waals surface area (Å²) in [7, 11) is 0. The van der Waals surface area contributed by atoms with Gasteiger partial charge >= 0.3 is 6.03 Å². The molecule has 4 nitrogen and oxygen atoms in total. The maximum atomic E-state index is 12.5. The van der Waals surface area contributed by atoms with E-state index in [1.165, 1.54) is 5.56 Å². The molecule has 2 amide bonds. The second-order valence-corrected chi connectivity index (χ2v) is 7.26. The molecule has 0 aliphatic carbocycles. The lowest BCUT2D eigenvalue weighted by molar-refractivity contribution is 0.146. The molecule has 6 heteroatoms. The van der Waals surface area contributed by atoms with Gasteiger partial charge in [-0.25, -0.2) is 4.79 Å². The van der Waals surface area contributed by atoms with Crippen LogP contribution in [-0.2, 0) is 6.42 Å². The Balaban J connectivity index is 1.42. The molecule has 0 radical (unpaired) electrons. The molecule has 2 aromatic carbocycles. The van der Waals surface area contributed by atoms with E-state index in [2.05, 4.69) is 34.5 Å². The molecule has 138 valence electrons. The topological polar surface area (TPSA) is 35.6 Å². The standard InChI is InChI=1S/C20H23Cl2N3O/c21-17-9-4-10-18(22)19(17)23-20(26)25-14-12-24(13-15-25)11-5-8-16-6-2-1-3-7-16/h1-4,6-7,9-10H,5,8,11-15H2,(H,23,26). The second kappa shape index (κ2) is 9.26. The Morgan fingerprint density at radius 3 is 2.23 bits per heavy atom. The third-order valence-electron chi connectivity index (χ3n) is 4.64. The van der Waals surface area contributed by atoms with Gasteiger partial charge in [-0.3, -0.25) is 4.90 Å². The fraction of sp³-hybridized carbons (Fsp3) is 0.350. The summed E-state index contributed by atoms with van der Waals surface area (Å²) in [6.45, 7) is 4.25. The predicted molar refractivity (Wildman–Crippen MR) is 108 cm³/mol.